The molecule has 0 unspecified atom stereocenters. The Kier molecular flexibility index (Phi) is 5.15. The highest BCUT2D eigenvalue weighted by Crippen LogP contribution is 2.21. The van der Waals surface area contributed by atoms with Crippen molar-refractivity contribution in [2.45, 2.75) is 4.90 Å². The number of carbonyl (C=O) groups is 1. The molecule has 0 saturated carbocycles. The molecule has 7 nitrogen and oxygen atoms in total. The Bertz CT molecular complexity index is 1110. The van der Waals surface area contributed by atoms with E-state index in [9.17, 15) is 13.2 Å². The second-order valence-electron chi connectivity index (χ2n) is 5.46. The van der Waals surface area contributed by atoms with Crippen LogP contribution in [0.1, 0.15) is 16.1 Å². The number of hydrogen-bond donors (Lipinski definition) is 2. The highest BCUT2D eigenvalue weighted by atomic mass is 32.2. The quantitative estimate of drug-likeness (QED) is 0.709. The molecule has 0 bridgehead atoms. The summed E-state index contributed by atoms with van der Waals surface area (Å²) < 4.78 is 27.4. The lowest BCUT2D eigenvalue weighted by Crippen LogP contribution is -2.15. The van der Waals surface area contributed by atoms with Crippen LogP contribution in [-0.2, 0) is 10.0 Å². The SMILES string of the molecule is N#Cc1ccccc1NS(=O)(=O)c1ccc(NC(=O)c2ccccn2)cc1. The first-order valence-electron chi connectivity index (χ1n) is 7.84. The van der Waals surface area contributed by atoms with Gasteiger partial charge in [-0.05, 0) is 48.5 Å². The van der Waals surface area contributed by atoms with Gasteiger partial charge in [-0.1, -0.05) is 18.2 Å². The number of para-hydroxylation sites is 1. The molecule has 8 heteroatoms. The number of rotatable bonds is 5. The van der Waals surface area contributed by atoms with Crippen molar-refractivity contribution in [1.82, 2.24) is 4.98 Å². The molecule has 0 aliphatic heterocycles. The summed E-state index contributed by atoms with van der Waals surface area (Å²) in [5.41, 5.74) is 1.11. The number of nitrogens with one attached hydrogen (secondary N) is 2. The molecule has 0 aliphatic carbocycles. The number of aromatic nitrogens is 1. The Hall–Kier alpha value is -3.70. The molecular weight excluding hydrogens is 364 g/mol. The predicted molar refractivity (Wildman–Crippen MR) is 101 cm³/mol. The summed E-state index contributed by atoms with van der Waals surface area (Å²) in [6.07, 6.45) is 1.51. The first kappa shape index (κ1) is 18.1. The third-order valence-electron chi connectivity index (χ3n) is 3.61. The van der Waals surface area contributed by atoms with Gasteiger partial charge in [-0.15, -0.1) is 0 Å². The second-order valence-corrected chi connectivity index (χ2v) is 7.14. The Labute approximate surface area is 156 Å². The van der Waals surface area contributed by atoms with Crippen LogP contribution in [0.2, 0.25) is 0 Å². The molecule has 0 radical (unpaired) electrons. The number of nitriles is 1. The number of amides is 1. The molecular formula is C19H14N4O3S. The van der Waals surface area contributed by atoms with Gasteiger partial charge in [0.1, 0.15) is 11.8 Å². The van der Waals surface area contributed by atoms with Crippen molar-refractivity contribution in [3.8, 4) is 6.07 Å². The minimum atomic E-state index is -3.87. The maximum absolute atomic E-state index is 12.5. The summed E-state index contributed by atoms with van der Waals surface area (Å²) in [6, 6.07) is 18.9. The zero-order valence-electron chi connectivity index (χ0n) is 14.0. The minimum Gasteiger partial charge on any atom is -0.321 e. The van der Waals surface area contributed by atoms with Crippen molar-refractivity contribution in [3.05, 3.63) is 84.2 Å². The van der Waals surface area contributed by atoms with Crippen molar-refractivity contribution >= 4 is 27.3 Å². The fourth-order valence-corrected chi connectivity index (χ4v) is 3.36. The van der Waals surface area contributed by atoms with E-state index in [0.29, 0.717) is 5.69 Å². The smallest absolute Gasteiger partial charge is 0.274 e. The molecule has 0 atom stereocenters. The molecule has 3 rings (SSSR count). The molecule has 3 aromatic rings. The second kappa shape index (κ2) is 7.68. The molecule has 1 aromatic heterocycles. The molecule has 0 fully saturated rings. The van der Waals surface area contributed by atoms with Gasteiger partial charge in [0.25, 0.3) is 15.9 Å². The van der Waals surface area contributed by atoms with Gasteiger partial charge in [0.2, 0.25) is 0 Å². The topological polar surface area (TPSA) is 112 Å². The highest BCUT2D eigenvalue weighted by Gasteiger charge is 2.16. The minimum absolute atomic E-state index is 0.00563. The zero-order chi connectivity index (χ0) is 19.3. The largest absolute Gasteiger partial charge is 0.321 e. The van der Waals surface area contributed by atoms with E-state index in [4.69, 9.17) is 5.26 Å². The number of anilines is 2. The van der Waals surface area contributed by atoms with Crippen LogP contribution < -0.4 is 10.0 Å². The van der Waals surface area contributed by atoms with Crippen LogP contribution in [0.3, 0.4) is 0 Å². The van der Waals surface area contributed by atoms with Gasteiger partial charge in [-0.25, -0.2) is 8.42 Å². The van der Waals surface area contributed by atoms with Crippen molar-refractivity contribution in [1.29, 1.82) is 5.26 Å². The Balaban J connectivity index is 1.76. The molecule has 0 saturated heterocycles. The lowest BCUT2D eigenvalue weighted by atomic mass is 10.2. The van der Waals surface area contributed by atoms with E-state index in [1.807, 2.05) is 6.07 Å². The number of nitrogens with zero attached hydrogens (tertiary/aromatic N) is 2. The third kappa shape index (κ3) is 4.29. The van der Waals surface area contributed by atoms with Gasteiger partial charge in [-0.3, -0.25) is 14.5 Å². The molecule has 0 aliphatic rings. The molecule has 1 amide bonds. The van der Waals surface area contributed by atoms with E-state index in [0.717, 1.165) is 0 Å². The zero-order valence-corrected chi connectivity index (χ0v) is 14.8. The van der Waals surface area contributed by atoms with E-state index >= 15 is 0 Å². The maximum Gasteiger partial charge on any atom is 0.274 e. The van der Waals surface area contributed by atoms with E-state index < -0.39 is 15.9 Å². The fourth-order valence-electron chi connectivity index (χ4n) is 2.28. The van der Waals surface area contributed by atoms with Gasteiger partial charge in [0, 0.05) is 11.9 Å². The van der Waals surface area contributed by atoms with Crippen molar-refractivity contribution in [2.75, 3.05) is 10.0 Å². The van der Waals surface area contributed by atoms with Crippen LogP contribution in [0.15, 0.2) is 77.8 Å². The first-order valence-corrected chi connectivity index (χ1v) is 9.32. The van der Waals surface area contributed by atoms with Crippen LogP contribution >= 0.6 is 0 Å². The van der Waals surface area contributed by atoms with Gasteiger partial charge in [0.05, 0.1) is 16.1 Å². The summed E-state index contributed by atoms with van der Waals surface area (Å²) >= 11 is 0. The monoisotopic (exact) mass is 378 g/mol. The number of carbonyl (C=O) groups excluding carboxylic acids is 1. The van der Waals surface area contributed by atoms with Crippen molar-refractivity contribution in [2.24, 2.45) is 0 Å². The predicted octanol–water partition coefficient (Wildman–Crippen LogP) is 3.01. The summed E-state index contributed by atoms with van der Waals surface area (Å²) in [6.45, 7) is 0. The lowest BCUT2D eigenvalue weighted by Gasteiger charge is -2.10. The van der Waals surface area contributed by atoms with Gasteiger partial charge in [0.15, 0.2) is 0 Å². The maximum atomic E-state index is 12.5. The summed E-state index contributed by atoms with van der Waals surface area (Å²) in [4.78, 5) is 16.0. The van der Waals surface area contributed by atoms with Crippen molar-refractivity contribution in [3.63, 3.8) is 0 Å². The number of pyridine rings is 1. The number of benzene rings is 2. The van der Waals surface area contributed by atoms with Crippen LogP contribution in [0.25, 0.3) is 0 Å². The number of sulfonamides is 1. The van der Waals surface area contributed by atoms with Gasteiger partial charge in [-0.2, -0.15) is 5.26 Å². The van der Waals surface area contributed by atoms with Gasteiger partial charge >= 0.3 is 0 Å². The summed E-state index contributed by atoms with van der Waals surface area (Å²) in [5, 5.41) is 11.7. The molecule has 1 heterocycles. The normalized spacial score (nSPS) is 10.6. The third-order valence-corrected chi connectivity index (χ3v) is 4.99. The molecule has 0 spiro atoms. The highest BCUT2D eigenvalue weighted by molar-refractivity contribution is 7.92. The van der Waals surface area contributed by atoms with Crippen LogP contribution in [0, 0.1) is 11.3 Å². The Morgan fingerprint density at radius 1 is 0.963 bits per heavy atom. The fraction of sp³-hybridized carbons (Fsp3) is 0. The molecule has 27 heavy (non-hydrogen) atoms. The average molecular weight is 378 g/mol. The van der Waals surface area contributed by atoms with Crippen LogP contribution in [0.4, 0.5) is 11.4 Å². The number of hydrogen-bond acceptors (Lipinski definition) is 5. The Morgan fingerprint density at radius 3 is 2.33 bits per heavy atom. The standard InChI is InChI=1S/C19H14N4O3S/c20-13-14-5-1-2-6-17(14)23-27(25,26)16-10-8-15(9-11-16)22-19(24)18-7-3-4-12-21-18/h1-12,23H,(H,22,24). The van der Waals surface area contributed by atoms with E-state index in [1.165, 1.54) is 42.6 Å². The van der Waals surface area contributed by atoms with Crippen LogP contribution in [-0.4, -0.2) is 19.3 Å². The molecule has 134 valence electrons. The van der Waals surface area contributed by atoms with Crippen LogP contribution in [0.5, 0.6) is 0 Å². The van der Waals surface area contributed by atoms with E-state index in [-0.39, 0.29) is 21.8 Å². The lowest BCUT2D eigenvalue weighted by molar-refractivity contribution is 0.102. The molecule has 2 N–H and O–H groups in total. The van der Waals surface area contributed by atoms with Crippen molar-refractivity contribution < 1.29 is 13.2 Å². The van der Waals surface area contributed by atoms with E-state index in [1.54, 1.807) is 30.3 Å². The average Bonchev–Trinajstić information content (AvgIpc) is 2.69. The first-order chi connectivity index (χ1) is 13.0. The van der Waals surface area contributed by atoms with Gasteiger partial charge < -0.3 is 5.32 Å². The summed E-state index contributed by atoms with van der Waals surface area (Å²) in [5.74, 6) is -0.396. The Morgan fingerprint density at radius 2 is 1.67 bits per heavy atom. The summed E-state index contributed by atoms with van der Waals surface area (Å²) in [7, 11) is -3.87. The molecule has 2 aromatic carbocycles. The van der Waals surface area contributed by atoms with E-state index in [2.05, 4.69) is 15.0 Å².